The monoisotopic (exact) mass is 228 g/mol. The van der Waals surface area contributed by atoms with Crippen LogP contribution in [0.5, 0.6) is 0 Å². The number of carbonyl (C=O) groups is 2. The molecule has 0 bridgehead atoms. The molecule has 1 unspecified atom stereocenters. The van der Waals surface area contributed by atoms with Crippen LogP contribution in [0, 0.1) is 5.92 Å². The van der Waals surface area contributed by atoms with E-state index in [4.69, 9.17) is 4.74 Å². The summed E-state index contributed by atoms with van der Waals surface area (Å²) in [6, 6.07) is 0. The Morgan fingerprint density at radius 1 is 1.38 bits per heavy atom. The zero-order chi connectivity index (χ0) is 12.4. The van der Waals surface area contributed by atoms with Gasteiger partial charge in [0.05, 0.1) is 13.7 Å². The van der Waals surface area contributed by atoms with Crippen LogP contribution < -0.4 is 0 Å². The van der Waals surface area contributed by atoms with Crippen molar-refractivity contribution in [2.75, 3.05) is 13.7 Å². The van der Waals surface area contributed by atoms with Crippen LogP contribution in [0.4, 0.5) is 0 Å². The number of unbranched alkanes of at least 4 members (excludes halogenated alkanes) is 1. The molecule has 0 aliphatic rings. The molecule has 0 amide bonds. The Kier molecular flexibility index (Phi) is 8.21. The molecule has 0 aliphatic heterocycles. The molecule has 92 valence electrons. The van der Waals surface area contributed by atoms with Gasteiger partial charge in [-0.15, -0.1) is 6.58 Å². The summed E-state index contributed by atoms with van der Waals surface area (Å²) in [4.78, 5) is 22.9. The molecule has 0 aromatic rings. The molecule has 0 spiro atoms. The smallest absolute Gasteiger partial charge is 0.320 e. The van der Waals surface area contributed by atoms with E-state index in [1.54, 1.807) is 6.08 Å². The van der Waals surface area contributed by atoms with Crippen LogP contribution in [0.15, 0.2) is 12.7 Å². The second-order valence-electron chi connectivity index (χ2n) is 3.46. The summed E-state index contributed by atoms with van der Waals surface area (Å²) in [5, 5.41) is 0. The Morgan fingerprint density at radius 2 is 2.06 bits per heavy atom. The lowest BCUT2D eigenvalue weighted by molar-refractivity contribution is -0.160. The fourth-order valence-corrected chi connectivity index (χ4v) is 1.18. The summed E-state index contributed by atoms with van der Waals surface area (Å²) in [6.07, 6.45) is 4.39. The third-order valence-electron chi connectivity index (χ3n) is 2.17. The molecule has 1 atom stereocenters. The molecular weight excluding hydrogens is 208 g/mol. The van der Waals surface area contributed by atoms with Crippen molar-refractivity contribution < 1.29 is 19.1 Å². The third kappa shape index (κ3) is 5.53. The van der Waals surface area contributed by atoms with Gasteiger partial charge < -0.3 is 9.47 Å². The molecule has 0 N–H and O–H groups in total. The summed E-state index contributed by atoms with van der Waals surface area (Å²) in [5.41, 5.74) is 0. The minimum absolute atomic E-state index is 0.358. The fraction of sp³-hybridized carbons (Fsp3) is 0.667. The first-order valence-corrected chi connectivity index (χ1v) is 5.52. The van der Waals surface area contributed by atoms with Crippen LogP contribution >= 0.6 is 0 Å². The lowest BCUT2D eigenvalue weighted by Gasteiger charge is -2.12. The summed E-state index contributed by atoms with van der Waals surface area (Å²) in [5.74, 6) is -1.86. The zero-order valence-corrected chi connectivity index (χ0v) is 10.0. The predicted octanol–water partition coefficient (Wildman–Crippen LogP) is 2.09. The van der Waals surface area contributed by atoms with Crippen molar-refractivity contribution in [3.63, 3.8) is 0 Å². The van der Waals surface area contributed by atoms with Crippen molar-refractivity contribution >= 4 is 11.9 Å². The van der Waals surface area contributed by atoms with Gasteiger partial charge in [0, 0.05) is 0 Å². The second-order valence-corrected chi connectivity index (χ2v) is 3.46. The summed E-state index contributed by atoms with van der Waals surface area (Å²) in [6.45, 7) is 5.91. The molecule has 0 fully saturated rings. The number of ether oxygens (including phenoxy) is 2. The summed E-state index contributed by atoms with van der Waals surface area (Å²) >= 11 is 0. The van der Waals surface area contributed by atoms with Gasteiger partial charge in [0.1, 0.15) is 0 Å². The van der Waals surface area contributed by atoms with E-state index in [0.29, 0.717) is 19.4 Å². The molecule has 16 heavy (non-hydrogen) atoms. The Bertz CT molecular complexity index is 235. The molecule has 0 aliphatic carbocycles. The van der Waals surface area contributed by atoms with Crippen molar-refractivity contribution in [2.45, 2.75) is 32.6 Å². The summed E-state index contributed by atoms with van der Waals surface area (Å²) in [7, 11) is 1.27. The standard InChI is InChI=1S/C12H20O4/c1-4-6-8-10(11(13)15-3)12(14)16-9-7-5-2/h4,10H,1,5-9H2,2-3H3. The SMILES string of the molecule is C=CCCC(C(=O)OC)C(=O)OCCCC. The van der Waals surface area contributed by atoms with Crippen LogP contribution in [0.3, 0.4) is 0 Å². The lowest BCUT2D eigenvalue weighted by atomic mass is 10.0. The van der Waals surface area contributed by atoms with Gasteiger partial charge in [0.15, 0.2) is 5.92 Å². The fourth-order valence-electron chi connectivity index (χ4n) is 1.18. The first-order valence-electron chi connectivity index (χ1n) is 5.52. The quantitative estimate of drug-likeness (QED) is 0.276. The molecule has 0 saturated carbocycles. The number of hydrogen-bond acceptors (Lipinski definition) is 4. The van der Waals surface area contributed by atoms with Gasteiger partial charge in [-0.1, -0.05) is 19.4 Å². The second kappa shape index (κ2) is 8.95. The number of carbonyl (C=O) groups excluding carboxylic acids is 2. The first-order chi connectivity index (χ1) is 7.67. The maximum atomic E-state index is 11.6. The van der Waals surface area contributed by atoms with Crippen molar-refractivity contribution in [3.8, 4) is 0 Å². The van der Waals surface area contributed by atoms with Crippen LogP contribution in [-0.4, -0.2) is 25.7 Å². The van der Waals surface area contributed by atoms with Gasteiger partial charge in [-0.3, -0.25) is 9.59 Å². The van der Waals surface area contributed by atoms with Crippen molar-refractivity contribution in [1.29, 1.82) is 0 Å². The largest absolute Gasteiger partial charge is 0.468 e. The Morgan fingerprint density at radius 3 is 2.56 bits per heavy atom. The predicted molar refractivity (Wildman–Crippen MR) is 60.8 cm³/mol. The highest BCUT2D eigenvalue weighted by Crippen LogP contribution is 2.11. The van der Waals surface area contributed by atoms with Crippen LogP contribution in [-0.2, 0) is 19.1 Å². The van der Waals surface area contributed by atoms with Gasteiger partial charge in [-0.2, -0.15) is 0 Å². The number of esters is 2. The van der Waals surface area contributed by atoms with Crippen molar-refractivity contribution in [1.82, 2.24) is 0 Å². The Hall–Kier alpha value is -1.32. The lowest BCUT2D eigenvalue weighted by Crippen LogP contribution is -2.27. The van der Waals surface area contributed by atoms with Crippen molar-refractivity contribution in [3.05, 3.63) is 12.7 Å². The zero-order valence-electron chi connectivity index (χ0n) is 10.0. The van der Waals surface area contributed by atoms with Gasteiger partial charge >= 0.3 is 11.9 Å². The maximum Gasteiger partial charge on any atom is 0.320 e. The normalized spacial score (nSPS) is 11.6. The van der Waals surface area contributed by atoms with E-state index >= 15 is 0 Å². The topological polar surface area (TPSA) is 52.6 Å². The van der Waals surface area contributed by atoms with E-state index in [1.165, 1.54) is 7.11 Å². The van der Waals surface area contributed by atoms with Gasteiger partial charge in [-0.05, 0) is 19.3 Å². The van der Waals surface area contributed by atoms with Gasteiger partial charge in [0.25, 0.3) is 0 Å². The van der Waals surface area contributed by atoms with E-state index in [2.05, 4.69) is 11.3 Å². The number of methoxy groups -OCH3 is 1. The Balaban J connectivity index is 4.20. The van der Waals surface area contributed by atoms with E-state index in [0.717, 1.165) is 12.8 Å². The minimum Gasteiger partial charge on any atom is -0.468 e. The molecule has 0 saturated heterocycles. The summed E-state index contributed by atoms with van der Waals surface area (Å²) < 4.78 is 9.55. The molecular formula is C12H20O4. The molecule has 0 aromatic carbocycles. The first kappa shape index (κ1) is 14.7. The van der Waals surface area contributed by atoms with E-state index < -0.39 is 17.9 Å². The Labute approximate surface area is 96.6 Å². The van der Waals surface area contributed by atoms with Gasteiger partial charge in [0.2, 0.25) is 0 Å². The number of hydrogen-bond donors (Lipinski definition) is 0. The van der Waals surface area contributed by atoms with E-state index in [-0.39, 0.29) is 0 Å². The molecule has 0 radical (unpaired) electrons. The van der Waals surface area contributed by atoms with Crippen molar-refractivity contribution in [2.24, 2.45) is 5.92 Å². The third-order valence-corrected chi connectivity index (χ3v) is 2.17. The highest BCUT2D eigenvalue weighted by atomic mass is 16.5. The van der Waals surface area contributed by atoms with Crippen LogP contribution in [0.25, 0.3) is 0 Å². The van der Waals surface area contributed by atoms with E-state index in [9.17, 15) is 9.59 Å². The highest BCUT2D eigenvalue weighted by Gasteiger charge is 2.28. The molecule has 0 rings (SSSR count). The molecule has 0 aromatic heterocycles. The molecule has 4 heteroatoms. The molecule has 0 heterocycles. The van der Waals surface area contributed by atoms with Gasteiger partial charge in [-0.25, -0.2) is 0 Å². The number of rotatable bonds is 8. The van der Waals surface area contributed by atoms with E-state index in [1.807, 2.05) is 6.92 Å². The molecule has 4 nitrogen and oxygen atoms in total. The minimum atomic E-state index is -0.820. The van der Waals surface area contributed by atoms with Crippen LogP contribution in [0.2, 0.25) is 0 Å². The number of allylic oxidation sites excluding steroid dienone is 1. The average molecular weight is 228 g/mol. The van der Waals surface area contributed by atoms with Crippen LogP contribution in [0.1, 0.15) is 32.6 Å². The maximum absolute atomic E-state index is 11.6. The highest BCUT2D eigenvalue weighted by molar-refractivity contribution is 5.94. The average Bonchev–Trinajstić information content (AvgIpc) is 2.29.